The van der Waals surface area contributed by atoms with Gasteiger partial charge in [0.25, 0.3) is 20.2 Å². The summed E-state index contributed by atoms with van der Waals surface area (Å²) in [6, 6.07) is 7.06. The highest BCUT2D eigenvalue weighted by Crippen LogP contribution is 2.29. The zero-order chi connectivity index (χ0) is 18.1. The van der Waals surface area contributed by atoms with Crippen LogP contribution in [0.25, 0.3) is 10.8 Å². The summed E-state index contributed by atoms with van der Waals surface area (Å²) in [5.41, 5.74) is 0.177. The second-order valence-electron chi connectivity index (χ2n) is 4.69. The molecular weight excluding hydrogens is 360 g/mol. The van der Waals surface area contributed by atoms with Crippen LogP contribution in [0.5, 0.6) is 0 Å². The Bertz CT molecular complexity index is 1080. The van der Waals surface area contributed by atoms with Crippen LogP contribution < -0.4 is 5.32 Å². The third-order valence-corrected chi connectivity index (χ3v) is 4.71. The van der Waals surface area contributed by atoms with E-state index in [2.05, 4.69) is 5.32 Å². The summed E-state index contributed by atoms with van der Waals surface area (Å²) in [7, 11) is -9.49. The van der Waals surface area contributed by atoms with Gasteiger partial charge in [-0.2, -0.15) is 22.1 Å². The van der Waals surface area contributed by atoms with Gasteiger partial charge in [0.2, 0.25) is 5.91 Å². The average Bonchev–Trinajstić information content (AvgIpc) is 2.44. The maximum Gasteiger partial charge on any atom is 0.295 e. The van der Waals surface area contributed by atoms with Crippen LogP contribution in [0.1, 0.15) is 6.42 Å². The molecule has 11 heteroatoms. The number of nitriles is 1. The predicted molar refractivity (Wildman–Crippen MR) is 82.4 cm³/mol. The summed E-state index contributed by atoms with van der Waals surface area (Å²) >= 11 is 0. The van der Waals surface area contributed by atoms with Gasteiger partial charge in [0.15, 0.2) is 0 Å². The molecule has 0 bridgehead atoms. The van der Waals surface area contributed by atoms with Gasteiger partial charge in [-0.05, 0) is 29.7 Å². The van der Waals surface area contributed by atoms with Crippen LogP contribution in [0.4, 0.5) is 5.69 Å². The first-order valence-corrected chi connectivity index (χ1v) is 9.10. The van der Waals surface area contributed by atoms with Gasteiger partial charge in [-0.15, -0.1) is 0 Å². The van der Waals surface area contributed by atoms with Crippen molar-refractivity contribution in [2.45, 2.75) is 16.2 Å². The van der Waals surface area contributed by atoms with Crippen molar-refractivity contribution < 1.29 is 30.7 Å². The van der Waals surface area contributed by atoms with E-state index in [1.54, 1.807) is 6.07 Å². The molecule has 0 unspecified atom stereocenters. The first-order chi connectivity index (χ1) is 11.0. The van der Waals surface area contributed by atoms with Crippen molar-refractivity contribution in [2.75, 3.05) is 5.32 Å². The number of anilines is 1. The Morgan fingerprint density at radius 3 is 2.29 bits per heavy atom. The lowest BCUT2D eigenvalue weighted by atomic mass is 10.1. The van der Waals surface area contributed by atoms with Crippen molar-refractivity contribution in [3.8, 4) is 6.07 Å². The van der Waals surface area contributed by atoms with Crippen LogP contribution in [0, 0.1) is 11.3 Å². The van der Waals surface area contributed by atoms with Crippen molar-refractivity contribution in [3.05, 3.63) is 30.3 Å². The smallest absolute Gasteiger partial charge is 0.295 e. The van der Waals surface area contributed by atoms with Gasteiger partial charge >= 0.3 is 0 Å². The summed E-state index contributed by atoms with van der Waals surface area (Å²) in [6.07, 6.45) is -0.403. The second-order valence-corrected chi connectivity index (χ2v) is 7.50. The lowest BCUT2D eigenvalue weighted by molar-refractivity contribution is -0.115. The van der Waals surface area contributed by atoms with Gasteiger partial charge in [0.1, 0.15) is 11.3 Å². The molecule has 2 rings (SSSR count). The SMILES string of the molecule is N#CCC(=O)Nc1ccc2c(S(=O)(=O)O)cc(S(=O)(=O)O)cc2c1. The Kier molecular flexibility index (Phi) is 4.59. The molecule has 0 heterocycles. The molecule has 0 saturated heterocycles. The van der Waals surface area contributed by atoms with Crippen LogP contribution in [-0.4, -0.2) is 31.8 Å². The fourth-order valence-corrected chi connectivity index (χ4v) is 3.38. The van der Waals surface area contributed by atoms with E-state index in [1.807, 2.05) is 0 Å². The van der Waals surface area contributed by atoms with Crippen molar-refractivity contribution in [2.24, 2.45) is 0 Å². The maximum absolute atomic E-state index is 11.4. The van der Waals surface area contributed by atoms with Crippen LogP contribution in [0.2, 0.25) is 0 Å². The largest absolute Gasteiger partial charge is 0.325 e. The molecule has 0 aliphatic heterocycles. The minimum Gasteiger partial charge on any atom is -0.325 e. The summed E-state index contributed by atoms with van der Waals surface area (Å²) in [6.45, 7) is 0. The average molecular weight is 370 g/mol. The standard InChI is InChI=1S/C13H10N2O7S2/c14-4-3-13(16)15-9-1-2-11-8(5-9)6-10(23(17,18)19)7-12(11)24(20,21)22/h1-2,5-7H,3H2,(H,15,16)(H,17,18,19)(H,20,21,22). The molecule has 0 atom stereocenters. The Morgan fingerprint density at radius 1 is 1.08 bits per heavy atom. The van der Waals surface area contributed by atoms with Crippen molar-refractivity contribution in [3.63, 3.8) is 0 Å². The van der Waals surface area contributed by atoms with Gasteiger partial charge in [0.05, 0.1) is 11.0 Å². The van der Waals surface area contributed by atoms with E-state index in [-0.39, 0.29) is 16.5 Å². The van der Waals surface area contributed by atoms with E-state index in [0.717, 1.165) is 6.07 Å². The molecule has 0 radical (unpaired) electrons. The molecular formula is C13H10N2O7S2. The van der Waals surface area contributed by atoms with Crippen LogP contribution >= 0.6 is 0 Å². The number of rotatable bonds is 4. The highest BCUT2D eigenvalue weighted by Gasteiger charge is 2.20. The highest BCUT2D eigenvalue weighted by atomic mass is 32.2. The number of fused-ring (bicyclic) bond motifs is 1. The number of hydrogen-bond donors (Lipinski definition) is 3. The summed E-state index contributed by atoms with van der Waals surface area (Å²) < 4.78 is 63.8. The van der Waals surface area contributed by atoms with Gasteiger partial charge in [-0.1, -0.05) is 6.07 Å². The monoisotopic (exact) mass is 370 g/mol. The van der Waals surface area contributed by atoms with Gasteiger partial charge < -0.3 is 5.32 Å². The van der Waals surface area contributed by atoms with E-state index in [1.165, 1.54) is 18.2 Å². The Morgan fingerprint density at radius 2 is 1.75 bits per heavy atom. The zero-order valence-electron chi connectivity index (χ0n) is 11.8. The van der Waals surface area contributed by atoms with Crippen molar-refractivity contribution in [1.82, 2.24) is 0 Å². The first kappa shape index (κ1) is 17.8. The number of carbonyl (C=O) groups excluding carboxylic acids is 1. The molecule has 0 spiro atoms. The molecule has 1 amide bonds. The number of benzene rings is 2. The zero-order valence-corrected chi connectivity index (χ0v) is 13.4. The number of nitrogens with one attached hydrogen (secondary N) is 1. The lowest BCUT2D eigenvalue weighted by Crippen LogP contribution is -2.10. The van der Waals surface area contributed by atoms with E-state index < -0.39 is 42.4 Å². The summed E-state index contributed by atoms with van der Waals surface area (Å²) in [5.74, 6) is -0.613. The Labute approximate surface area is 137 Å². The fraction of sp³-hybridized carbons (Fsp3) is 0.0769. The second kappa shape index (κ2) is 6.17. The molecule has 0 aliphatic carbocycles. The number of carbonyl (C=O) groups is 1. The summed E-state index contributed by atoms with van der Waals surface area (Å²) in [4.78, 5) is 9.96. The maximum atomic E-state index is 11.4. The molecule has 2 aromatic carbocycles. The Hall–Kier alpha value is -2.52. The quantitative estimate of drug-likeness (QED) is 0.676. The first-order valence-electron chi connectivity index (χ1n) is 6.22. The molecule has 126 valence electrons. The minimum absolute atomic E-state index is 0.0109. The molecule has 24 heavy (non-hydrogen) atoms. The molecule has 0 aliphatic rings. The van der Waals surface area contributed by atoms with E-state index in [4.69, 9.17) is 9.81 Å². The normalized spacial score (nSPS) is 11.9. The lowest BCUT2D eigenvalue weighted by Gasteiger charge is -2.09. The third kappa shape index (κ3) is 3.87. The fourth-order valence-electron chi connectivity index (χ4n) is 2.03. The van der Waals surface area contributed by atoms with E-state index >= 15 is 0 Å². The van der Waals surface area contributed by atoms with Crippen molar-refractivity contribution in [1.29, 1.82) is 5.26 Å². The van der Waals surface area contributed by atoms with Crippen molar-refractivity contribution >= 4 is 42.6 Å². The number of amides is 1. The van der Waals surface area contributed by atoms with Crippen LogP contribution in [-0.2, 0) is 25.0 Å². The van der Waals surface area contributed by atoms with Crippen LogP contribution in [0.3, 0.4) is 0 Å². The molecule has 0 saturated carbocycles. The number of hydrogen-bond acceptors (Lipinski definition) is 6. The number of nitrogens with zero attached hydrogens (tertiary/aromatic N) is 1. The van der Waals surface area contributed by atoms with E-state index in [9.17, 15) is 26.2 Å². The molecule has 2 aromatic rings. The summed E-state index contributed by atoms with van der Waals surface area (Å²) in [5, 5.41) is 10.8. The van der Waals surface area contributed by atoms with Gasteiger partial charge in [-0.3, -0.25) is 13.9 Å². The van der Waals surface area contributed by atoms with Gasteiger partial charge in [0, 0.05) is 11.1 Å². The highest BCUT2D eigenvalue weighted by molar-refractivity contribution is 7.86. The Balaban J connectivity index is 2.71. The van der Waals surface area contributed by atoms with Gasteiger partial charge in [-0.25, -0.2) is 0 Å². The topological polar surface area (TPSA) is 162 Å². The molecule has 0 aromatic heterocycles. The van der Waals surface area contributed by atoms with Crippen LogP contribution in [0.15, 0.2) is 40.1 Å². The molecule has 0 fully saturated rings. The predicted octanol–water partition coefficient (Wildman–Crippen LogP) is 1.19. The molecule has 3 N–H and O–H groups in total. The third-order valence-electron chi connectivity index (χ3n) is 2.99. The molecule has 9 nitrogen and oxygen atoms in total. The van der Waals surface area contributed by atoms with E-state index in [0.29, 0.717) is 6.07 Å². The minimum atomic E-state index is -4.76.